The normalized spacial score (nSPS) is 27.9. The van der Waals surface area contributed by atoms with E-state index in [1.165, 1.54) is 23.6 Å². The van der Waals surface area contributed by atoms with E-state index in [1.807, 2.05) is 4.90 Å². The largest absolute Gasteiger partial charge is 0.469 e. The molecule has 2 fully saturated rings. The van der Waals surface area contributed by atoms with Crippen molar-refractivity contribution in [2.45, 2.75) is 37.6 Å². The molecule has 2 aliphatic carbocycles. The van der Waals surface area contributed by atoms with E-state index in [9.17, 15) is 9.59 Å². The fraction of sp³-hybridized carbons (Fsp3) is 0.500. The van der Waals surface area contributed by atoms with Crippen LogP contribution in [0.4, 0.5) is 0 Å². The third-order valence-electron chi connectivity index (χ3n) is 6.21. The van der Waals surface area contributed by atoms with E-state index in [0.717, 1.165) is 31.2 Å². The Morgan fingerprint density at radius 1 is 1.24 bits per heavy atom. The Balaban J connectivity index is 1.59. The zero-order valence-electron chi connectivity index (χ0n) is 14.3. The van der Waals surface area contributed by atoms with Gasteiger partial charge in [0.15, 0.2) is 0 Å². The molecule has 3 aliphatic rings. The number of carbonyl (C=O) groups is 2. The molecule has 2 aromatic rings. The smallest absolute Gasteiger partial charge is 0.310 e. The zero-order valence-corrected chi connectivity index (χ0v) is 14.3. The van der Waals surface area contributed by atoms with Crippen LogP contribution in [-0.2, 0) is 20.7 Å². The fourth-order valence-electron chi connectivity index (χ4n) is 4.85. The molecule has 5 heteroatoms. The number of H-pyrrole nitrogens is 1. The van der Waals surface area contributed by atoms with Crippen LogP contribution in [0.5, 0.6) is 0 Å². The van der Waals surface area contributed by atoms with Gasteiger partial charge in [-0.05, 0) is 42.9 Å². The minimum atomic E-state index is -0.232. The Bertz CT molecular complexity index is 867. The van der Waals surface area contributed by atoms with Gasteiger partial charge in [0.25, 0.3) is 0 Å². The van der Waals surface area contributed by atoms with Crippen LogP contribution in [0.25, 0.3) is 10.9 Å². The van der Waals surface area contributed by atoms with E-state index in [-0.39, 0.29) is 35.7 Å². The molecule has 1 saturated carbocycles. The molecule has 5 nitrogen and oxygen atoms in total. The molecule has 130 valence electrons. The minimum Gasteiger partial charge on any atom is -0.469 e. The number of carbonyl (C=O) groups excluding carboxylic acids is 2. The summed E-state index contributed by atoms with van der Waals surface area (Å²) in [6.45, 7) is 0.499. The molecule has 25 heavy (non-hydrogen) atoms. The number of aromatic amines is 1. The molecule has 1 N–H and O–H groups in total. The lowest BCUT2D eigenvalue weighted by atomic mass is 9.72. The van der Waals surface area contributed by atoms with Gasteiger partial charge in [0.2, 0.25) is 5.91 Å². The molecular weight excluding hydrogens is 316 g/mol. The zero-order chi connectivity index (χ0) is 17.1. The van der Waals surface area contributed by atoms with Crippen molar-refractivity contribution in [3.8, 4) is 0 Å². The number of rotatable bonds is 2. The number of aromatic nitrogens is 1. The number of hydrogen-bond donors (Lipinski definition) is 1. The second-order valence-corrected chi connectivity index (χ2v) is 7.68. The lowest BCUT2D eigenvalue weighted by Gasteiger charge is -2.46. The SMILES string of the molecule is COC(=O)[C@@H]1C[C@@H]2c3cccc4[nH]cc(c34)C[C@H]2N(C(=O)C2CC2)C1. The third-order valence-corrected chi connectivity index (χ3v) is 6.21. The molecule has 2 heterocycles. The van der Waals surface area contributed by atoms with Crippen LogP contribution >= 0.6 is 0 Å². The van der Waals surface area contributed by atoms with Gasteiger partial charge in [-0.1, -0.05) is 12.1 Å². The van der Waals surface area contributed by atoms with E-state index in [1.54, 1.807) is 0 Å². The van der Waals surface area contributed by atoms with E-state index in [0.29, 0.717) is 6.54 Å². The number of fused-ring (bicyclic) bond motifs is 2. The highest BCUT2D eigenvalue weighted by atomic mass is 16.5. The molecule has 1 saturated heterocycles. The van der Waals surface area contributed by atoms with Crippen molar-refractivity contribution in [3.63, 3.8) is 0 Å². The molecule has 0 radical (unpaired) electrons. The topological polar surface area (TPSA) is 62.4 Å². The number of nitrogens with zero attached hydrogens (tertiary/aromatic N) is 1. The summed E-state index contributed by atoms with van der Waals surface area (Å²) in [5.74, 6) is 0.173. The molecule has 0 spiro atoms. The summed E-state index contributed by atoms with van der Waals surface area (Å²) in [7, 11) is 1.44. The van der Waals surface area contributed by atoms with Gasteiger partial charge in [-0.2, -0.15) is 0 Å². The van der Waals surface area contributed by atoms with Gasteiger partial charge < -0.3 is 14.6 Å². The van der Waals surface area contributed by atoms with E-state index in [2.05, 4.69) is 29.4 Å². The van der Waals surface area contributed by atoms with Crippen molar-refractivity contribution >= 4 is 22.8 Å². The Labute approximate surface area is 146 Å². The number of ether oxygens (including phenoxy) is 1. The maximum absolute atomic E-state index is 12.9. The van der Waals surface area contributed by atoms with Crippen molar-refractivity contribution in [3.05, 3.63) is 35.5 Å². The van der Waals surface area contributed by atoms with Crippen molar-refractivity contribution in [1.82, 2.24) is 9.88 Å². The van der Waals surface area contributed by atoms with Gasteiger partial charge in [-0.15, -0.1) is 0 Å². The predicted molar refractivity (Wildman–Crippen MR) is 93.1 cm³/mol. The van der Waals surface area contributed by atoms with Gasteiger partial charge in [0.1, 0.15) is 0 Å². The highest BCUT2D eigenvalue weighted by Crippen LogP contribution is 2.46. The number of amides is 1. The molecule has 0 unspecified atom stereocenters. The van der Waals surface area contributed by atoms with E-state index < -0.39 is 0 Å². The molecule has 0 bridgehead atoms. The van der Waals surface area contributed by atoms with Gasteiger partial charge in [-0.25, -0.2) is 0 Å². The summed E-state index contributed by atoms with van der Waals surface area (Å²) >= 11 is 0. The van der Waals surface area contributed by atoms with Crippen LogP contribution in [0.3, 0.4) is 0 Å². The molecule has 1 aromatic carbocycles. The van der Waals surface area contributed by atoms with Gasteiger partial charge in [-0.3, -0.25) is 9.59 Å². The maximum Gasteiger partial charge on any atom is 0.310 e. The Hall–Kier alpha value is -2.30. The predicted octanol–water partition coefficient (Wildman–Crippen LogP) is 2.61. The second kappa shape index (κ2) is 5.35. The first kappa shape index (κ1) is 15.0. The lowest BCUT2D eigenvalue weighted by molar-refractivity contribution is -0.151. The average Bonchev–Trinajstić information content (AvgIpc) is 3.42. The number of piperidine rings is 1. The van der Waals surface area contributed by atoms with Gasteiger partial charge in [0, 0.05) is 41.5 Å². The highest BCUT2D eigenvalue weighted by molar-refractivity contribution is 5.89. The molecule has 1 aliphatic heterocycles. The monoisotopic (exact) mass is 338 g/mol. The lowest BCUT2D eigenvalue weighted by Crippen LogP contribution is -2.54. The van der Waals surface area contributed by atoms with Crippen LogP contribution < -0.4 is 0 Å². The number of likely N-dealkylation sites (tertiary alicyclic amines) is 1. The van der Waals surface area contributed by atoms with E-state index in [4.69, 9.17) is 4.74 Å². The number of benzene rings is 1. The maximum atomic E-state index is 12.9. The fourth-order valence-corrected chi connectivity index (χ4v) is 4.85. The molecule has 1 aromatic heterocycles. The molecule has 1 amide bonds. The van der Waals surface area contributed by atoms with Crippen LogP contribution in [0.1, 0.15) is 36.3 Å². The minimum absolute atomic E-state index is 0.155. The quantitative estimate of drug-likeness (QED) is 0.856. The Kier molecular flexibility index (Phi) is 3.21. The van der Waals surface area contributed by atoms with Crippen molar-refractivity contribution in [2.24, 2.45) is 11.8 Å². The highest BCUT2D eigenvalue weighted by Gasteiger charge is 2.47. The van der Waals surface area contributed by atoms with Gasteiger partial charge >= 0.3 is 5.97 Å². The Morgan fingerprint density at radius 3 is 2.84 bits per heavy atom. The van der Waals surface area contributed by atoms with Crippen molar-refractivity contribution in [1.29, 1.82) is 0 Å². The summed E-state index contributed by atoms with van der Waals surface area (Å²) in [6, 6.07) is 6.48. The number of methoxy groups -OCH3 is 1. The third kappa shape index (κ3) is 2.21. The number of nitrogens with one attached hydrogen (secondary N) is 1. The van der Waals surface area contributed by atoms with Crippen molar-refractivity contribution in [2.75, 3.05) is 13.7 Å². The summed E-state index contributed by atoms with van der Waals surface area (Å²) in [5.41, 5.74) is 3.70. The second-order valence-electron chi connectivity index (χ2n) is 7.68. The summed E-state index contributed by atoms with van der Waals surface area (Å²) < 4.78 is 5.02. The van der Waals surface area contributed by atoms with E-state index >= 15 is 0 Å². The summed E-state index contributed by atoms with van der Waals surface area (Å²) in [5, 5.41) is 1.29. The molecule has 5 rings (SSSR count). The molecule has 3 atom stereocenters. The first-order chi connectivity index (χ1) is 12.2. The van der Waals surface area contributed by atoms with Crippen LogP contribution in [0.15, 0.2) is 24.4 Å². The first-order valence-corrected chi connectivity index (χ1v) is 9.14. The van der Waals surface area contributed by atoms with Crippen LogP contribution in [-0.4, -0.2) is 41.5 Å². The molecular formula is C20H22N2O3. The van der Waals surface area contributed by atoms with Crippen LogP contribution in [0, 0.1) is 11.8 Å². The summed E-state index contributed by atoms with van der Waals surface area (Å²) in [4.78, 5) is 30.6. The summed E-state index contributed by atoms with van der Waals surface area (Å²) in [6.07, 6.45) is 5.68. The standard InChI is InChI=1S/C20H22N2O3/c1-25-20(24)13-7-15-14-3-2-4-16-18(14)12(9-21-16)8-17(15)22(10-13)19(23)11-5-6-11/h2-4,9,11,13,15,17,21H,5-8,10H2,1H3/t13-,15-,17-/m1/s1. The van der Waals surface area contributed by atoms with Crippen molar-refractivity contribution < 1.29 is 14.3 Å². The van der Waals surface area contributed by atoms with Crippen LogP contribution in [0.2, 0.25) is 0 Å². The average molecular weight is 338 g/mol. The Morgan fingerprint density at radius 2 is 2.08 bits per heavy atom. The number of esters is 1. The van der Waals surface area contributed by atoms with Gasteiger partial charge in [0.05, 0.1) is 13.0 Å². The first-order valence-electron chi connectivity index (χ1n) is 9.14. The number of hydrogen-bond acceptors (Lipinski definition) is 3.